The molecule has 1 aliphatic rings. The van der Waals surface area contributed by atoms with Gasteiger partial charge in [-0.3, -0.25) is 4.79 Å². The number of fused-ring (bicyclic) bond motifs is 1. The summed E-state index contributed by atoms with van der Waals surface area (Å²) in [6, 6.07) is 18.0. The minimum absolute atomic E-state index is 0.0177. The Hall–Kier alpha value is -4.14. The van der Waals surface area contributed by atoms with Crippen molar-refractivity contribution in [3.8, 4) is 17.2 Å². The Balaban J connectivity index is 1.52. The number of phenolic OH excluding ortho intramolecular Hbond substituents is 1. The third-order valence-electron chi connectivity index (χ3n) is 5.70. The van der Waals surface area contributed by atoms with Gasteiger partial charge in [-0.15, -0.1) is 0 Å². The summed E-state index contributed by atoms with van der Waals surface area (Å²) >= 11 is 0. The van der Waals surface area contributed by atoms with E-state index in [4.69, 9.17) is 18.9 Å². The van der Waals surface area contributed by atoms with E-state index in [-0.39, 0.29) is 11.5 Å². The van der Waals surface area contributed by atoms with Crippen molar-refractivity contribution in [2.45, 2.75) is 13.8 Å². The van der Waals surface area contributed by atoms with Gasteiger partial charge in [-0.05, 0) is 86.7 Å². The fraction of sp³-hybridized carbons (Fsp3) is 0.267. The first kappa shape index (κ1) is 26.9. The number of nitrogens with one attached hydrogen (secondary N) is 1. The maximum Gasteiger partial charge on any atom is 0.188 e. The molecule has 3 aromatic carbocycles. The standard InChI is InChI=1S/C30H32N2O6/c1-3-35-17-19-37-23-9-5-21(6-10-23)31-25-13-15-28(34)30-26(14-16-27(33)29(25)30)32-22-7-11-24(12-8-22)38-20-18-36-4-2/h5-16,31,34H,3-4,17-20H2,1-2H3. The number of aromatic hydroxyl groups is 1. The van der Waals surface area contributed by atoms with E-state index in [1.54, 1.807) is 18.2 Å². The first-order valence-corrected chi connectivity index (χ1v) is 12.6. The second kappa shape index (κ2) is 13.4. The Bertz CT molecular complexity index is 1280. The number of phenols is 1. The maximum absolute atomic E-state index is 12.9. The summed E-state index contributed by atoms with van der Waals surface area (Å²) in [6.07, 6.45) is 3.08. The van der Waals surface area contributed by atoms with Crippen molar-refractivity contribution in [2.24, 2.45) is 4.99 Å². The van der Waals surface area contributed by atoms with Gasteiger partial charge in [0, 0.05) is 18.9 Å². The second-order valence-corrected chi connectivity index (χ2v) is 8.31. The average molecular weight is 517 g/mol. The fourth-order valence-electron chi connectivity index (χ4n) is 3.90. The molecule has 1 aliphatic carbocycles. The molecule has 0 aromatic heterocycles. The Morgan fingerprint density at radius 1 is 0.737 bits per heavy atom. The molecule has 0 atom stereocenters. The van der Waals surface area contributed by atoms with E-state index in [0.717, 1.165) is 11.4 Å². The molecule has 2 N–H and O–H groups in total. The number of hydrogen-bond donors (Lipinski definition) is 2. The number of allylic oxidation sites excluding steroid dienone is 2. The quantitative estimate of drug-likeness (QED) is 0.218. The summed E-state index contributed by atoms with van der Waals surface area (Å²) < 4.78 is 21.9. The zero-order valence-corrected chi connectivity index (χ0v) is 21.6. The van der Waals surface area contributed by atoms with Crippen LogP contribution in [0.4, 0.5) is 17.1 Å². The van der Waals surface area contributed by atoms with E-state index in [0.29, 0.717) is 73.6 Å². The lowest BCUT2D eigenvalue weighted by molar-refractivity contribution is 0.104. The van der Waals surface area contributed by atoms with Crippen LogP contribution in [-0.2, 0) is 9.47 Å². The van der Waals surface area contributed by atoms with Crippen LogP contribution in [0, 0.1) is 0 Å². The summed E-state index contributed by atoms with van der Waals surface area (Å²) in [5, 5.41) is 14.0. The van der Waals surface area contributed by atoms with Gasteiger partial charge in [0.25, 0.3) is 0 Å². The number of rotatable bonds is 13. The number of anilines is 2. The summed E-state index contributed by atoms with van der Waals surface area (Å²) in [4.78, 5) is 17.6. The van der Waals surface area contributed by atoms with Crippen LogP contribution in [0.3, 0.4) is 0 Å². The highest BCUT2D eigenvalue weighted by molar-refractivity contribution is 6.27. The van der Waals surface area contributed by atoms with E-state index in [1.807, 2.05) is 62.4 Å². The van der Waals surface area contributed by atoms with E-state index >= 15 is 0 Å². The molecule has 0 aliphatic heterocycles. The van der Waals surface area contributed by atoms with Gasteiger partial charge in [-0.25, -0.2) is 4.99 Å². The molecule has 0 unspecified atom stereocenters. The zero-order chi connectivity index (χ0) is 26.7. The van der Waals surface area contributed by atoms with Gasteiger partial charge in [0.1, 0.15) is 30.5 Å². The summed E-state index contributed by atoms with van der Waals surface area (Å²) in [5.74, 6) is 1.20. The van der Waals surface area contributed by atoms with E-state index in [2.05, 4.69) is 10.3 Å². The van der Waals surface area contributed by atoms with Gasteiger partial charge in [0.15, 0.2) is 5.78 Å². The Morgan fingerprint density at radius 2 is 1.34 bits per heavy atom. The van der Waals surface area contributed by atoms with Crippen molar-refractivity contribution in [3.63, 3.8) is 0 Å². The normalized spacial score (nSPS) is 13.4. The lowest BCUT2D eigenvalue weighted by Gasteiger charge is -2.19. The van der Waals surface area contributed by atoms with Crippen molar-refractivity contribution in [1.82, 2.24) is 0 Å². The largest absolute Gasteiger partial charge is 0.507 e. The molecule has 38 heavy (non-hydrogen) atoms. The summed E-state index contributed by atoms with van der Waals surface area (Å²) in [6.45, 7) is 7.18. The molecule has 4 rings (SSSR count). The number of hydrogen-bond acceptors (Lipinski definition) is 8. The van der Waals surface area contributed by atoms with Crippen molar-refractivity contribution >= 4 is 28.6 Å². The molecule has 0 saturated heterocycles. The predicted octanol–water partition coefficient (Wildman–Crippen LogP) is 5.84. The smallest absolute Gasteiger partial charge is 0.188 e. The molecule has 0 spiro atoms. The minimum Gasteiger partial charge on any atom is -0.507 e. The third kappa shape index (κ3) is 7.00. The molecule has 0 fully saturated rings. The predicted molar refractivity (Wildman–Crippen MR) is 148 cm³/mol. The Labute approximate surface area is 222 Å². The molecule has 3 aromatic rings. The zero-order valence-electron chi connectivity index (χ0n) is 21.6. The molecule has 198 valence electrons. The summed E-state index contributed by atoms with van der Waals surface area (Å²) in [5.41, 5.74) is 3.25. The van der Waals surface area contributed by atoms with Crippen LogP contribution in [-0.4, -0.2) is 56.2 Å². The highest BCUT2D eigenvalue weighted by Gasteiger charge is 2.25. The number of ketones is 1. The maximum atomic E-state index is 12.9. The van der Waals surface area contributed by atoms with Crippen LogP contribution in [0.15, 0.2) is 77.8 Å². The fourth-order valence-corrected chi connectivity index (χ4v) is 3.90. The summed E-state index contributed by atoms with van der Waals surface area (Å²) in [7, 11) is 0. The van der Waals surface area contributed by atoms with Crippen molar-refractivity contribution in [2.75, 3.05) is 45.0 Å². The van der Waals surface area contributed by atoms with Crippen LogP contribution in [0.5, 0.6) is 17.2 Å². The van der Waals surface area contributed by atoms with Crippen LogP contribution in [0.25, 0.3) is 0 Å². The molecular formula is C30H32N2O6. The van der Waals surface area contributed by atoms with E-state index in [1.165, 1.54) is 6.08 Å². The van der Waals surface area contributed by atoms with E-state index < -0.39 is 0 Å². The molecule has 0 amide bonds. The first-order valence-electron chi connectivity index (χ1n) is 12.6. The van der Waals surface area contributed by atoms with Crippen LogP contribution >= 0.6 is 0 Å². The van der Waals surface area contributed by atoms with Gasteiger partial charge in [0.05, 0.1) is 41.4 Å². The van der Waals surface area contributed by atoms with Gasteiger partial charge < -0.3 is 29.4 Å². The highest BCUT2D eigenvalue weighted by atomic mass is 16.5. The molecule has 8 heteroatoms. The van der Waals surface area contributed by atoms with E-state index in [9.17, 15) is 9.90 Å². The lowest BCUT2D eigenvalue weighted by atomic mass is 9.91. The minimum atomic E-state index is -0.216. The molecule has 0 radical (unpaired) electrons. The average Bonchev–Trinajstić information content (AvgIpc) is 2.93. The van der Waals surface area contributed by atoms with Gasteiger partial charge in [0.2, 0.25) is 0 Å². The SMILES string of the molecule is CCOCCOc1ccc(N=C2C=CC(=O)c3c(Nc4ccc(OCCOCC)cc4)ccc(O)c32)cc1. The van der Waals surface area contributed by atoms with Crippen LogP contribution < -0.4 is 14.8 Å². The number of benzene rings is 3. The molecule has 8 nitrogen and oxygen atoms in total. The molecule has 0 bridgehead atoms. The van der Waals surface area contributed by atoms with Gasteiger partial charge in [-0.1, -0.05) is 0 Å². The number of carbonyl (C=O) groups is 1. The van der Waals surface area contributed by atoms with Crippen molar-refractivity contribution < 1.29 is 28.8 Å². The lowest BCUT2D eigenvalue weighted by Crippen LogP contribution is -2.15. The first-order chi connectivity index (χ1) is 18.6. The number of nitrogens with zero attached hydrogens (tertiary/aromatic N) is 1. The third-order valence-corrected chi connectivity index (χ3v) is 5.70. The van der Waals surface area contributed by atoms with Crippen molar-refractivity contribution in [1.29, 1.82) is 0 Å². The Morgan fingerprint density at radius 3 is 1.95 bits per heavy atom. The van der Waals surface area contributed by atoms with Gasteiger partial charge in [-0.2, -0.15) is 0 Å². The molecular weight excluding hydrogens is 484 g/mol. The Kier molecular flexibility index (Phi) is 9.50. The number of aliphatic imine (C=N–C) groups is 1. The highest BCUT2D eigenvalue weighted by Crippen LogP contribution is 2.35. The van der Waals surface area contributed by atoms with Crippen molar-refractivity contribution in [3.05, 3.63) is 83.9 Å². The van der Waals surface area contributed by atoms with Crippen LogP contribution in [0.1, 0.15) is 29.8 Å². The monoisotopic (exact) mass is 516 g/mol. The number of carbonyl (C=O) groups excluding carboxylic acids is 1. The number of ether oxygens (including phenoxy) is 4. The molecule has 0 heterocycles. The topological polar surface area (TPSA) is 98.6 Å². The molecule has 0 saturated carbocycles. The van der Waals surface area contributed by atoms with Crippen LogP contribution in [0.2, 0.25) is 0 Å². The van der Waals surface area contributed by atoms with Gasteiger partial charge >= 0.3 is 0 Å². The second-order valence-electron chi connectivity index (χ2n) is 8.31.